The molecule has 34 heavy (non-hydrogen) atoms. The summed E-state index contributed by atoms with van der Waals surface area (Å²) in [7, 11) is -1.03. The van der Waals surface area contributed by atoms with Crippen LogP contribution in [0.1, 0.15) is 37.5 Å². The van der Waals surface area contributed by atoms with Crippen LogP contribution < -0.4 is 15.9 Å². The van der Waals surface area contributed by atoms with Crippen molar-refractivity contribution < 1.29 is 15.3 Å². The Morgan fingerprint density at radius 3 is 1.06 bits per heavy atom. The number of rotatable bonds is 9. The molecular formula is C30H33O3P. The summed E-state index contributed by atoms with van der Waals surface area (Å²) in [5.74, 6) is 0.761. The Morgan fingerprint density at radius 2 is 0.824 bits per heavy atom. The number of benzene rings is 3. The Morgan fingerprint density at radius 1 is 0.559 bits per heavy atom. The summed E-state index contributed by atoms with van der Waals surface area (Å²) in [6.45, 7) is 17.8. The zero-order valence-electron chi connectivity index (χ0n) is 20.2. The van der Waals surface area contributed by atoms with Crippen molar-refractivity contribution in [3.05, 3.63) is 108 Å². The first-order valence-electron chi connectivity index (χ1n) is 11.2. The molecule has 3 rings (SSSR count). The van der Waals surface area contributed by atoms with Crippen molar-refractivity contribution >= 4 is 23.8 Å². The van der Waals surface area contributed by atoms with E-state index >= 15 is 0 Å². The second-order valence-corrected chi connectivity index (χ2v) is 11.4. The van der Waals surface area contributed by atoms with Gasteiger partial charge in [0.2, 0.25) is 0 Å². The Labute approximate surface area is 204 Å². The monoisotopic (exact) mass is 472 g/mol. The van der Waals surface area contributed by atoms with Gasteiger partial charge in [-0.3, -0.25) is 0 Å². The molecule has 3 N–H and O–H groups in total. The van der Waals surface area contributed by atoms with Crippen molar-refractivity contribution in [3.8, 4) is 17.2 Å². The van der Waals surface area contributed by atoms with E-state index < -0.39 is 7.92 Å². The number of hydrogen-bond acceptors (Lipinski definition) is 3. The molecule has 0 aliphatic heterocycles. The Kier molecular flexibility index (Phi) is 8.02. The van der Waals surface area contributed by atoms with Gasteiger partial charge in [-0.2, -0.15) is 0 Å². The molecule has 3 aromatic carbocycles. The Bertz CT molecular complexity index is 1100. The zero-order chi connectivity index (χ0) is 25.0. The van der Waals surface area contributed by atoms with Gasteiger partial charge in [-0.25, -0.2) is 0 Å². The lowest BCUT2D eigenvalue weighted by atomic mass is 10.1. The molecular weight excluding hydrogens is 439 g/mol. The quantitative estimate of drug-likeness (QED) is 0.268. The molecule has 0 radical (unpaired) electrons. The zero-order valence-corrected chi connectivity index (χ0v) is 21.1. The van der Waals surface area contributed by atoms with Crippen molar-refractivity contribution in [2.24, 2.45) is 0 Å². The highest BCUT2D eigenvalue weighted by Gasteiger charge is 2.21. The average molecular weight is 473 g/mol. The second kappa shape index (κ2) is 10.8. The minimum Gasteiger partial charge on any atom is -0.508 e. The minimum absolute atomic E-state index is 0.254. The Balaban J connectivity index is 2.23. The standard InChI is InChI=1S/C30H33O3P/c1-19(2)13-22-16-25(7-10-28(22)31)34(26-8-11-29(32)23(17-26)14-20(3)4)27-9-12-30(33)24(18-27)15-21(5)6/h7-12,16-18,31-33H,1,3,5,13-15H2,2,4,6H3. The lowest BCUT2D eigenvalue weighted by molar-refractivity contribution is 0.469. The number of hydrogen-bond donors (Lipinski definition) is 3. The maximum Gasteiger partial charge on any atom is 0.119 e. The lowest BCUT2D eigenvalue weighted by Crippen LogP contribution is -2.22. The SMILES string of the molecule is C=C(C)Cc1cc(P(c2ccc(O)c(CC(=C)C)c2)c2ccc(O)c(CC(=C)C)c2)ccc1O. The van der Waals surface area contributed by atoms with Crippen LogP contribution >= 0.6 is 7.92 Å². The molecule has 4 heteroatoms. The molecule has 0 spiro atoms. The second-order valence-electron chi connectivity index (χ2n) is 9.18. The predicted octanol–water partition coefficient (Wildman–Crippen LogP) is 5.92. The summed E-state index contributed by atoms with van der Waals surface area (Å²) in [4.78, 5) is 0. The molecule has 0 fully saturated rings. The van der Waals surface area contributed by atoms with Crippen LogP contribution in [0.5, 0.6) is 17.2 Å². The van der Waals surface area contributed by atoms with Gasteiger partial charge in [0.1, 0.15) is 17.2 Å². The lowest BCUT2D eigenvalue weighted by Gasteiger charge is -2.23. The van der Waals surface area contributed by atoms with Crippen LogP contribution in [-0.2, 0) is 19.3 Å². The van der Waals surface area contributed by atoms with Crippen molar-refractivity contribution in [3.63, 3.8) is 0 Å². The fourth-order valence-corrected chi connectivity index (χ4v) is 6.40. The highest BCUT2D eigenvalue weighted by molar-refractivity contribution is 7.79. The fraction of sp³-hybridized carbons (Fsp3) is 0.200. The molecule has 0 saturated carbocycles. The number of allylic oxidation sites excluding steroid dienone is 3. The molecule has 0 aliphatic carbocycles. The van der Waals surface area contributed by atoms with Gasteiger partial charge in [-0.1, -0.05) is 54.7 Å². The third-order valence-electron chi connectivity index (χ3n) is 5.44. The third-order valence-corrected chi connectivity index (χ3v) is 7.82. The van der Waals surface area contributed by atoms with E-state index in [4.69, 9.17) is 0 Å². The summed E-state index contributed by atoms with van der Waals surface area (Å²) in [6, 6.07) is 17.2. The highest BCUT2D eigenvalue weighted by Crippen LogP contribution is 2.37. The van der Waals surface area contributed by atoms with E-state index in [9.17, 15) is 15.3 Å². The van der Waals surface area contributed by atoms with Gasteiger partial charge in [0.15, 0.2) is 0 Å². The van der Waals surface area contributed by atoms with Gasteiger partial charge in [-0.15, -0.1) is 0 Å². The maximum atomic E-state index is 10.4. The minimum atomic E-state index is -1.03. The summed E-state index contributed by atoms with van der Waals surface area (Å²) < 4.78 is 0. The number of aromatic hydroxyl groups is 3. The van der Waals surface area contributed by atoms with Crippen LogP contribution in [0.2, 0.25) is 0 Å². The van der Waals surface area contributed by atoms with E-state index in [2.05, 4.69) is 19.7 Å². The molecule has 0 amide bonds. The van der Waals surface area contributed by atoms with Gasteiger partial charge < -0.3 is 15.3 Å². The van der Waals surface area contributed by atoms with E-state index in [0.29, 0.717) is 19.3 Å². The molecule has 0 unspecified atom stereocenters. The van der Waals surface area contributed by atoms with Crippen molar-refractivity contribution in [2.75, 3.05) is 0 Å². The largest absolute Gasteiger partial charge is 0.508 e. The molecule has 3 nitrogen and oxygen atoms in total. The van der Waals surface area contributed by atoms with E-state index in [1.165, 1.54) is 0 Å². The predicted molar refractivity (Wildman–Crippen MR) is 146 cm³/mol. The third kappa shape index (κ3) is 6.18. The molecule has 3 aromatic rings. The van der Waals surface area contributed by atoms with E-state index in [0.717, 1.165) is 49.3 Å². The Hall–Kier alpha value is -3.29. The van der Waals surface area contributed by atoms with Gasteiger partial charge in [0.05, 0.1) is 0 Å². The number of phenols is 3. The van der Waals surface area contributed by atoms with Gasteiger partial charge in [0, 0.05) is 0 Å². The summed E-state index contributed by atoms with van der Waals surface area (Å²) in [5, 5.41) is 34.6. The molecule has 0 aliphatic rings. The first-order valence-corrected chi connectivity index (χ1v) is 12.6. The topological polar surface area (TPSA) is 60.7 Å². The van der Waals surface area contributed by atoms with Crippen LogP contribution in [0, 0.1) is 0 Å². The molecule has 0 aromatic heterocycles. The first-order chi connectivity index (χ1) is 16.0. The van der Waals surface area contributed by atoms with E-state index in [-0.39, 0.29) is 17.2 Å². The first kappa shape index (κ1) is 25.3. The smallest absolute Gasteiger partial charge is 0.119 e. The van der Waals surface area contributed by atoms with Crippen LogP contribution in [0.3, 0.4) is 0 Å². The van der Waals surface area contributed by atoms with E-state index in [1.54, 1.807) is 18.2 Å². The van der Waals surface area contributed by atoms with Crippen molar-refractivity contribution in [1.82, 2.24) is 0 Å². The fourth-order valence-electron chi connectivity index (χ4n) is 3.98. The molecule has 0 saturated heterocycles. The van der Waals surface area contributed by atoms with Gasteiger partial charge in [-0.05, 0) is 117 Å². The normalized spacial score (nSPS) is 10.9. The van der Waals surface area contributed by atoms with Crippen LogP contribution in [-0.4, -0.2) is 15.3 Å². The van der Waals surface area contributed by atoms with Crippen molar-refractivity contribution in [2.45, 2.75) is 40.0 Å². The molecule has 176 valence electrons. The average Bonchev–Trinajstić information content (AvgIpc) is 2.74. The van der Waals surface area contributed by atoms with Gasteiger partial charge >= 0.3 is 0 Å². The molecule has 0 atom stereocenters. The summed E-state index contributed by atoms with van der Waals surface area (Å²) >= 11 is 0. The van der Waals surface area contributed by atoms with Crippen LogP contribution in [0.15, 0.2) is 91.1 Å². The van der Waals surface area contributed by atoms with Crippen LogP contribution in [0.4, 0.5) is 0 Å². The molecule has 0 heterocycles. The van der Waals surface area contributed by atoms with Gasteiger partial charge in [0.25, 0.3) is 0 Å². The summed E-state index contributed by atoms with van der Waals surface area (Å²) in [5.41, 5.74) is 5.41. The summed E-state index contributed by atoms with van der Waals surface area (Å²) in [6.07, 6.45) is 1.78. The highest BCUT2D eigenvalue weighted by atomic mass is 31.1. The molecule has 0 bridgehead atoms. The maximum absolute atomic E-state index is 10.4. The van der Waals surface area contributed by atoms with Crippen LogP contribution in [0.25, 0.3) is 0 Å². The van der Waals surface area contributed by atoms with E-state index in [1.807, 2.05) is 57.2 Å². The van der Waals surface area contributed by atoms with Crippen molar-refractivity contribution in [1.29, 1.82) is 0 Å². The number of phenolic OH excluding ortho intramolecular Hbond substituents is 3.